The summed E-state index contributed by atoms with van der Waals surface area (Å²) in [6.07, 6.45) is 6.20. The minimum absolute atomic E-state index is 0. The molecule has 0 atom stereocenters. The number of halogens is 2. The Balaban J connectivity index is 0.00000245. The summed E-state index contributed by atoms with van der Waals surface area (Å²) < 4.78 is 15.7. The molecule has 0 bridgehead atoms. The number of carbonyl (C=O) groups excluding carboxylic acids is 1. The summed E-state index contributed by atoms with van der Waals surface area (Å²) in [4.78, 5) is 14.9. The Hall–Kier alpha value is -2.43. The summed E-state index contributed by atoms with van der Waals surface area (Å²) in [6, 6.07) is 19.7. The molecular weight excluding hydrogens is 423 g/mol. The second-order valence-corrected chi connectivity index (χ2v) is 8.88. The van der Waals surface area contributed by atoms with Crippen molar-refractivity contribution in [2.45, 2.75) is 51.1 Å². The third-order valence-electron chi connectivity index (χ3n) is 6.54. The van der Waals surface area contributed by atoms with Crippen molar-refractivity contribution < 1.29 is 9.18 Å². The van der Waals surface area contributed by atoms with E-state index in [1.165, 1.54) is 47.5 Å². The minimum atomic E-state index is -0.301. The van der Waals surface area contributed by atoms with Crippen LogP contribution in [-0.2, 0) is 13.0 Å². The molecule has 0 saturated heterocycles. The van der Waals surface area contributed by atoms with Crippen LogP contribution in [0.4, 0.5) is 4.39 Å². The van der Waals surface area contributed by atoms with Gasteiger partial charge < -0.3 is 4.57 Å². The first-order valence-corrected chi connectivity index (χ1v) is 11.5. The second-order valence-electron chi connectivity index (χ2n) is 8.88. The summed E-state index contributed by atoms with van der Waals surface area (Å²) in [5.41, 5.74) is 6.24. The molecule has 3 nitrogen and oxygen atoms in total. The van der Waals surface area contributed by atoms with Crippen molar-refractivity contribution in [3.8, 4) is 11.3 Å². The molecule has 1 fully saturated rings. The quantitative estimate of drug-likeness (QED) is 0.384. The molecule has 0 radical (unpaired) electrons. The molecule has 1 aromatic heterocycles. The van der Waals surface area contributed by atoms with E-state index >= 15 is 0 Å². The van der Waals surface area contributed by atoms with Crippen molar-refractivity contribution in [2.24, 2.45) is 0 Å². The van der Waals surface area contributed by atoms with Gasteiger partial charge in [-0.25, -0.2) is 4.39 Å². The average molecular weight is 453 g/mol. The molecule has 1 saturated carbocycles. The molecular formula is C27H30ClFN2O. The highest BCUT2D eigenvalue weighted by molar-refractivity contribution is 5.95. The van der Waals surface area contributed by atoms with Crippen molar-refractivity contribution in [2.75, 3.05) is 13.1 Å². The molecule has 32 heavy (non-hydrogen) atoms. The number of aromatic nitrogens is 1. The number of ketones is 1. The fraction of sp³-hybridized carbons (Fsp3) is 0.370. The van der Waals surface area contributed by atoms with Gasteiger partial charge in [-0.15, -0.1) is 12.4 Å². The third kappa shape index (κ3) is 4.97. The topological polar surface area (TPSA) is 25.2 Å². The molecule has 3 aromatic rings. The number of nitrogens with zero attached hydrogens (tertiary/aromatic N) is 2. The summed E-state index contributed by atoms with van der Waals surface area (Å²) in [5.74, 6) is -0.202. The Morgan fingerprint density at radius 3 is 2.50 bits per heavy atom. The van der Waals surface area contributed by atoms with E-state index in [1.54, 1.807) is 12.1 Å². The van der Waals surface area contributed by atoms with E-state index in [4.69, 9.17) is 0 Å². The van der Waals surface area contributed by atoms with Crippen LogP contribution in [0.5, 0.6) is 0 Å². The molecule has 2 aliphatic rings. The van der Waals surface area contributed by atoms with Crippen LogP contribution in [0, 0.1) is 5.82 Å². The molecule has 0 N–H and O–H groups in total. The molecule has 5 rings (SSSR count). The summed E-state index contributed by atoms with van der Waals surface area (Å²) in [6.45, 7) is 2.95. The highest BCUT2D eigenvalue weighted by atomic mass is 35.5. The van der Waals surface area contributed by atoms with Crippen LogP contribution in [0.3, 0.4) is 0 Å². The largest absolute Gasteiger partial charge is 0.341 e. The van der Waals surface area contributed by atoms with E-state index in [-0.39, 0.29) is 24.0 Å². The summed E-state index contributed by atoms with van der Waals surface area (Å²) >= 11 is 0. The maximum atomic E-state index is 13.1. The van der Waals surface area contributed by atoms with Gasteiger partial charge in [-0.05, 0) is 86.7 Å². The smallest absolute Gasteiger partial charge is 0.162 e. The van der Waals surface area contributed by atoms with Gasteiger partial charge in [0.15, 0.2) is 5.78 Å². The molecule has 1 aliphatic heterocycles. The number of hydrogen-bond acceptors (Lipinski definition) is 2. The van der Waals surface area contributed by atoms with E-state index in [2.05, 4.69) is 45.9 Å². The Labute approximate surface area is 195 Å². The zero-order valence-electron chi connectivity index (χ0n) is 18.3. The van der Waals surface area contributed by atoms with Gasteiger partial charge in [-0.3, -0.25) is 9.69 Å². The molecule has 2 aromatic carbocycles. The number of hydrogen-bond donors (Lipinski definition) is 0. The van der Waals surface area contributed by atoms with Crippen LogP contribution < -0.4 is 0 Å². The van der Waals surface area contributed by atoms with Crippen LogP contribution in [0.2, 0.25) is 0 Å². The molecule has 0 amide bonds. The van der Waals surface area contributed by atoms with Crippen molar-refractivity contribution in [3.63, 3.8) is 0 Å². The monoisotopic (exact) mass is 452 g/mol. The van der Waals surface area contributed by atoms with Crippen molar-refractivity contribution >= 4 is 18.2 Å². The highest BCUT2D eigenvalue weighted by Crippen LogP contribution is 2.42. The molecule has 1 aliphatic carbocycles. The zero-order valence-corrected chi connectivity index (χ0v) is 19.1. The van der Waals surface area contributed by atoms with Gasteiger partial charge in [-0.1, -0.05) is 30.3 Å². The maximum absolute atomic E-state index is 13.1. The van der Waals surface area contributed by atoms with Crippen LogP contribution in [0.15, 0.2) is 60.7 Å². The van der Waals surface area contributed by atoms with Crippen molar-refractivity contribution in [3.05, 3.63) is 83.3 Å². The lowest BCUT2D eigenvalue weighted by molar-refractivity contribution is 0.0974. The van der Waals surface area contributed by atoms with Gasteiger partial charge in [-0.2, -0.15) is 0 Å². The van der Waals surface area contributed by atoms with Gasteiger partial charge in [0.1, 0.15) is 5.82 Å². The fourth-order valence-electron chi connectivity index (χ4n) is 4.84. The summed E-state index contributed by atoms with van der Waals surface area (Å²) in [7, 11) is 0. The first-order chi connectivity index (χ1) is 15.2. The fourth-order valence-corrected chi connectivity index (χ4v) is 4.84. The summed E-state index contributed by atoms with van der Waals surface area (Å²) in [5, 5.41) is 0. The van der Waals surface area contributed by atoms with E-state index < -0.39 is 0 Å². The Kier molecular flexibility index (Phi) is 7.12. The Morgan fingerprint density at radius 2 is 1.78 bits per heavy atom. The van der Waals surface area contributed by atoms with Gasteiger partial charge >= 0.3 is 0 Å². The number of benzene rings is 2. The van der Waals surface area contributed by atoms with Crippen LogP contribution >= 0.6 is 12.4 Å². The maximum Gasteiger partial charge on any atom is 0.162 e. The van der Waals surface area contributed by atoms with E-state index in [9.17, 15) is 9.18 Å². The number of fused-ring (bicyclic) bond motifs is 1. The van der Waals surface area contributed by atoms with E-state index in [0.29, 0.717) is 18.0 Å². The van der Waals surface area contributed by atoms with E-state index in [1.807, 2.05) is 0 Å². The van der Waals surface area contributed by atoms with Crippen LogP contribution in [0.1, 0.15) is 59.8 Å². The SMILES string of the molecule is Cl.O=C(CCCN1CCCc2c(cc(-c3ccccc3)n2C2CC2)C1)c1ccc(F)cc1. The van der Waals surface area contributed by atoms with Gasteiger partial charge in [0.05, 0.1) is 0 Å². The normalized spacial score (nSPS) is 16.2. The standard InChI is InChI=1S/C27H29FN2O.ClH/c28-23-12-10-21(11-13-23)27(31)9-5-17-29-16-4-8-25-22(19-29)18-26(30(25)24-14-15-24)20-6-2-1-3-7-20;/h1-3,6-7,10-13,18,24H,4-5,8-9,14-17,19H2;1H. The Morgan fingerprint density at radius 1 is 1.03 bits per heavy atom. The Bertz CT molecular complexity index is 1060. The number of carbonyl (C=O) groups is 1. The predicted octanol–water partition coefficient (Wildman–Crippen LogP) is 6.46. The minimum Gasteiger partial charge on any atom is -0.341 e. The molecule has 0 spiro atoms. The lowest BCUT2D eigenvalue weighted by Crippen LogP contribution is -2.24. The molecule has 168 valence electrons. The molecule has 5 heteroatoms. The van der Waals surface area contributed by atoms with Gasteiger partial charge in [0.25, 0.3) is 0 Å². The number of Topliss-reactive ketones (excluding diaryl/α,β-unsaturated/α-hetero) is 1. The first-order valence-electron chi connectivity index (χ1n) is 11.5. The third-order valence-corrected chi connectivity index (χ3v) is 6.54. The van der Waals surface area contributed by atoms with Crippen LogP contribution in [0.25, 0.3) is 11.3 Å². The van der Waals surface area contributed by atoms with Crippen LogP contribution in [-0.4, -0.2) is 28.3 Å². The van der Waals surface area contributed by atoms with Crippen molar-refractivity contribution in [1.29, 1.82) is 0 Å². The second kappa shape index (κ2) is 10.0. The molecule has 2 heterocycles. The molecule has 0 unspecified atom stereocenters. The van der Waals surface area contributed by atoms with E-state index in [0.717, 1.165) is 38.9 Å². The lowest BCUT2D eigenvalue weighted by Gasteiger charge is -2.19. The van der Waals surface area contributed by atoms with Crippen molar-refractivity contribution in [1.82, 2.24) is 9.47 Å². The lowest BCUT2D eigenvalue weighted by atomic mass is 10.1. The predicted molar refractivity (Wildman–Crippen MR) is 129 cm³/mol. The average Bonchev–Trinajstić information content (AvgIpc) is 3.60. The van der Waals surface area contributed by atoms with Gasteiger partial charge in [0, 0.05) is 36.0 Å². The zero-order chi connectivity index (χ0) is 21.2. The van der Waals surface area contributed by atoms with Gasteiger partial charge in [0.2, 0.25) is 0 Å². The first kappa shape index (κ1) is 22.8. The number of rotatable bonds is 7. The highest BCUT2D eigenvalue weighted by Gasteiger charge is 2.31.